The molecule has 0 unspecified atom stereocenters. The molecule has 96 valence electrons. The SMILES string of the molecule is CCB1OC[C@H](OC(C)=O)[C@@H](COC(C)=O)O1. The van der Waals surface area contributed by atoms with Crippen LogP contribution in [-0.4, -0.2) is 44.5 Å². The molecular formula is C10H17BO6. The number of carbonyl (C=O) groups is 2. The van der Waals surface area contributed by atoms with Crippen LogP contribution in [0.5, 0.6) is 0 Å². The Hall–Kier alpha value is -1.08. The van der Waals surface area contributed by atoms with Gasteiger partial charge < -0.3 is 18.8 Å². The standard InChI is InChI=1S/C10H17BO6/c1-4-11-15-6-9(16-8(3)13)10(17-11)5-14-7(2)12/h9-10H,4-6H2,1-3H3/t9-,10+/m0/s1. The van der Waals surface area contributed by atoms with E-state index in [1.807, 2.05) is 6.92 Å². The molecule has 0 aromatic heterocycles. The van der Waals surface area contributed by atoms with Crippen molar-refractivity contribution < 1.29 is 28.4 Å². The lowest BCUT2D eigenvalue weighted by Gasteiger charge is -2.33. The number of hydrogen-bond donors (Lipinski definition) is 0. The third-order valence-corrected chi connectivity index (χ3v) is 2.29. The molecule has 0 N–H and O–H groups in total. The molecule has 17 heavy (non-hydrogen) atoms. The Kier molecular flexibility index (Phi) is 5.44. The quantitative estimate of drug-likeness (QED) is 0.526. The molecule has 0 radical (unpaired) electrons. The molecule has 0 saturated carbocycles. The Bertz CT molecular complexity index is 282. The Balaban J connectivity index is 2.54. The largest absolute Gasteiger partial charge is 0.463 e. The van der Waals surface area contributed by atoms with Gasteiger partial charge >= 0.3 is 19.1 Å². The summed E-state index contributed by atoms with van der Waals surface area (Å²) in [5, 5.41) is 0. The molecule has 0 aromatic rings. The van der Waals surface area contributed by atoms with Gasteiger partial charge in [-0.1, -0.05) is 6.92 Å². The van der Waals surface area contributed by atoms with Crippen LogP contribution < -0.4 is 0 Å². The van der Waals surface area contributed by atoms with Crippen molar-refractivity contribution >= 4 is 19.1 Å². The average molecular weight is 244 g/mol. The third-order valence-electron chi connectivity index (χ3n) is 2.29. The summed E-state index contributed by atoms with van der Waals surface area (Å²) in [4.78, 5) is 21.7. The highest BCUT2D eigenvalue weighted by atomic mass is 16.7. The van der Waals surface area contributed by atoms with Crippen molar-refractivity contribution in [3.05, 3.63) is 0 Å². The van der Waals surface area contributed by atoms with Crippen molar-refractivity contribution in [2.24, 2.45) is 0 Å². The van der Waals surface area contributed by atoms with Crippen LogP contribution in [0.4, 0.5) is 0 Å². The molecule has 0 amide bonds. The maximum atomic E-state index is 10.9. The molecule has 1 heterocycles. The summed E-state index contributed by atoms with van der Waals surface area (Å²) in [6.45, 7) is 4.86. The molecule has 0 aliphatic carbocycles. The molecule has 1 rings (SSSR count). The molecule has 0 spiro atoms. The van der Waals surface area contributed by atoms with Gasteiger partial charge in [0.1, 0.15) is 12.7 Å². The lowest BCUT2D eigenvalue weighted by atomic mass is 9.83. The fraction of sp³-hybridized carbons (Fsp3) is 0.800. The fourth-order valence-corrected chi connectivity index (χ4v) is 1.51. The zero-order valence-corrected chi connectivity index (χ0v) is 10.3. The zero-order valence-electron chi connectivity index (χ0n) is 10.3. The summed E-state index contributed by atoms with van der Waals surface area (Å²) in [6.07, 6.45) is -0.320. The second kappa shape index (κ2) is 6.61. The number of carbonyl (C=O) groups excluding carboxylic acids is 2. The summed E-state index contributed by atoms with van der Waals surface area (Å²) < 4.78 is 20.8. The van der Waals surface area contributed by atoms with Gasteiger partial charge in [0.05, 0.1) is 6.61 Å². The second-order valence-corrected chi connectivity index (χ2v) is 3.80. The summed E-state index contributed by atoms with van der Waals surface area (Å²) in [6, 6.07) is 0. The van der Waals surface area contributed by atoms with Crippen molar-refractivity contribution in [1.29, 1.82) is 0 Å². The highest BCUT2D eigenvalue weighted by Crippen LogP contribution is 2.16. The van der Waals surface area contributed by atoms with Crippen LogP contribution >= 0.6 is 0 Å². The first-order chi connectivity index (χ1) is 8.02. The number of ether oxygens (including phenoxy) is 2. The van der Waals surface area contributed by atoms with Crippen LogP contribution in [0, 0.1) is 0 Å². The molecular weight excluding hydrogens is 227 g/mol. The van der Waals surface area contributed by atoms with Gasteiger partial charge in [-0.05, 0) is 6.32 Å². The van der Waals surface area contributed by atoms with Gasteiger partial charge in [0.15, 0.2) is 6.10 Å². The zero-order chi connectivity index (χ0) is 12.8. The Morgan fingerprint density at radius 2 is 2.06 bits per heavy atom. The van der Waals surface area contributed by atoms with E-state index in [0.29, 0.717) is 6.32 Å². The summed E-state index contributed by atoms with van der Waals surface area (Å²) in [5.41, 5.74) is 0. The first-order valence-corrected chi connectivity index (χ1v) is 5.60. The van der Waals surface area contributed by atoms with Gasteiger partial charge in [-0.2, -0.15) is 0 Å². The molecule has 6 nitrogen and oxygen atoms in total. The van der Waals surface area contributed by atoms with E-state index in [4.69, 9.17) is 18.8 Å². The Morgan fingerprint density at radius 1 is 1.35 bits per heavy atom. The normalized spacial score (nSPS) is 24.3. The molecule has 1 aliphatic rings. The smallest absolute Gasteiger partial charge is 0.457 e. The molecule has 1 aliphatic heterocycles. The maximum absolute atomic E-state index is 10.9. The van der Waals surface area contributed by atoms with E-state index in [0.717, 1.165) is 0 Å². The molecule has 1 fully saturated rings. The molecule has 2 atom stereocenters. The minimum Gasteiger partial charge on any atom is -0.463 e. The van der Waals surface area contributed by atoms with E-state index in [2.05, 4.69) is 0 Å². The fourth-order valence-electron chi connectivity index (χ4n) is 1.51. The summed E-state index contributed by atoms with van der Waals surface area (Å²) in [5.74, 6) is -0.806. The summed E-state index contributed by atoms with van der Waals surface area (Å²) >= 11 is 0. The highest BCUT2D eigenvalue weighted by Gasteiger charge is 2.36. The van der Waals surface area contributed by atoms with Crippen LogP contribution in [-0.2, 0) is 28.4 Å². The monoisotopic (exact) mass is 244 g/mol. The molecule has 7 heteroatoms. The topological polar surface area (TPSA) is 71.1 Å². The van der Waals surface area contributed by atoms with E-state index in [9.17, 15) is 9.59 Å². The minimum atomic E-state index is -0.533. The Labute approximate surface area is 101 Å². The van der Waals surface area contributed by atoms with Crippen molar-refractivity contribution in [3.8, 4) is 0 Å². The molecule has 0 aromatic carbocycles. The number of rotatable bonds is 4. The predicted molar refractivity (Wildman–Crippen MR) is 59.2 cm³/mol. The van der Waals surface area contributed by atoms with Gasteiger partial charge in [-0.3, -0.25) is 9.59 Å². The van der Waals surface area contributed by atoms with E-state index < -0.39 is 24.1 Å². The van der Waals surface area contributed by atoms with Gasteiger partial charge in [0.25, 0.3) is 0 Å². The summed E-state index contributed by atoms with van der Waals surface area (Å²) in [7, 11) is -0.345. The van der Waals surface area contributed by atoms with Crippen molar-refractivity contribution in [2.75, 3.05) is 13.2 Å². The van der Waals surface area contributed by atoms with Crippen LogP contribution in [0.2, 0.25) is 6.32 Å². The number of hydrogen-bond acceptors (Lipinski definition) is 6. The van der Waals surface area contributed by atoms with Crippen molar-refractivity contribution in [3.63, 3.8) is 0 Å². The lowest BCUT2D eigenvalue weighted by Crippen LogP contribution is -2.50. The minimum absolute atomic E-state index is 0.0626. The average Bonchev–Trinajstić information content (AvgIpc) is 2.27. The maximum Gasteiger partial charge on any atom is 0.457 e. The first kappa shape index (κ1) is 14.0. The van der Waals surface area contributed by atoms with E-state index in [1.165, 1.54) is 13.8 Å². The number of esters is 2. The van der Waals surface area contributed by atoms with Crippen LogP contribution in [0.15, 0.2) is 0 Å². The lowest BCUT2D eigenvalue weighted by molar-refractivity contribution is -0.165. The third kappa shape index (κ3) is 4.74. The van der Waals surface area contributed by atoms with Gasteiger partial charge in [-0.15, -0.1) is 0 Å². The van der Waals surface area contributed by atoms with E-state index >= 15 is 0 Å². The Morgan fingerprint density at radius 3 is 2.59 bits per heavy atom. The van der Waals surface area contributed by atoms with Gasteiger partial charge in [0, 0.05) is 13.8 Å². The van der Waals surface area contributed by atoms with Crippen LogP contribution in [0.1, 0.15) is 20.8 Å². The van der Waals surface area contributed by atoms with E-state index in [-0.39, 0.29) is 20.3 Å². The van der Waals surface area contributed by atoms with Gasteiger partial charge in [-0.25, -0.2) is 0 Å². The second-order valence-electron chi connectivity index (χ2n) is 3.80. The van der Waals surface area contributed by atoms with Crippen LogP contribution in [0.25, 0.3) is 0 Å². The van der Waals surface area contributed by atoms with Crippen LogP contribution in [0.3, 0.4) is 0 Å². The molecule has 0 bridgehead atoms. The molecule has 1 saturated heterocycles. The highest BCUT2D eigenvalue weighted by molar-refractivity contribution is 6.44. The van der Waals surface area contributed by atoms with Crippen molar-refractivity contribution in [1.82, 2.24) is 0 Å². The van der Waals surface area contributed by atoms with Gasteiger partial charge in [0.2, 0.25) is 0 Å². The van der Waals surface area contributed by atoms with E-state index in [1.54, 1.807) is 0 Å². The predicted octanol–water partition coefficient (Wildman–Crippen LogP) is 0.405. The van der Waals surface area contributed by atoms with Crippen molar-refractivity contribution in [2.45, 2.75) is 39.3 Å². The first-order valence-electron chi connectivity index (χ1n) is 5.60.